The molecule has 1 atom stereocenters. The van der Waals surface area contributed by atoms with E-state index < -0.39 is 30.5 Å². The number of nitrogens with one attached hydrogen (secondary N) is 1. The lowest BCUT2D eigenvalue weighted by molar-refractivity contribution is 0.138. The van der Waals surface area contributed by atoms with Crippen molar-refractivity contribution in [2.75, 3.05) is 35.7 Å². The summed E-state index contributed by atoms with van der Waals surface area (Å²) < 4.78 is 17.7. The van der Waals surface area contributed by atoms with Crippen LogP contribution in [0.2, 0.25) is 13.1 Å². The quantitative estimate of drug-likeness (QED) is 0.555. The first-order valence-electron chi connectivity index (χ1n) is 12.6. The van der Waals surface area contributed by atoms with Gasteiger partial charge >= 0.3 is 6.09 Å². The Morgan fingerprint density at radius 2 is 2.00 bits per heavy atom. The molecule has 1 unspecified atom stereocenters. The van der Waals surface area contributed by atoms with E-state index in [2.05, 4.69) is 47.6 Å². The van der Waals surface area contributed by atoms with E-state index in [1.54, 1.807) is 11.1 Å². The maximum absolute atomic E-state index is 12.7. The summed E-state index contributed by atoms with van der Waals surface area (Å²) in [6, 6.07) is 9.60. The molecule has 192 valence electrons. The number of rotatable bonds is 6. The fourth-order valence-electron chi connectivity index (χ4n) is 5.39. The molecule has 3 aliphatic heterocycles. The molecule has 8 nitrogen and oxygen atoms in total. The van der Waals surface area contributed by atoms with Gasteiger partial charge in [0, 0.05) is 25.3 Å². The van der Waals surface area contributed by atoms with Crippen LogP contribution < -0.4 is 16.0 Å². The Morgan fingerprint density at radius 1 is 1.22 bits per heavy atom. The zero-order valence-corrected chi connectivity index (χ0v) is 23.3. The number of hydrogen-bond acceptors (Lipinski definition) is 7. The molecule has 1 aromatic carbocycles. The van der Waals surface area contributed by atoms with Gasteiger partial charge in [0.25, 0.3) is 0 Å². The van der Waals surface area contributed by atoms with Gasteiger partial charge < -0.3 is 20.7 Å². The standard InChI is InChI=1S/C26H35N5O3SSi/c1-26(2,16-34-24(27)32)30-23-22-21(9-12-35(22)33)28-25(29-23)31-10-7-17(8-11-31)18-5-6-19-14-36(3,4)15-20(19)13-18/h5-7,13H,8-12,14-16H2,1-4H3,(H2,27,32)(H,28,29,30). The van der Waals surface area contributed by atoms with E-state index in [4.69, 9.17) is 20.4 Å². The highest BCUT2D eigenvalue weighted by molar-refractivity contribution is 7.85. The van der Waals surface area contributed by atoms with Crippen molar-refractivity contribution in [2.24, 2.45) is 5.73 Å². The van der Waals surface area contributed by atoms with E-state index in [-0.39, 0.29) is 6.61 Å². The number of nitrogens with zero attached hydrogens (tertiary/aromatic N) is 3. The van der Waals surface area contributed by atoms with Crippen LogP contribution in [0, 0.1) is 0 Å². The third-order valence-corrected chi connectivity index (χ3v) is 11.3. The first-order chi connectivity index (χ1) is 17.0. The molecule has 5 rings (SSSR count). The van der Waals surface area contributed by atoms with E-state index >= 15 is 0 Å². The fraction of sp³-hybridized carbons (Fsp3) is 0.500. The number of primary amides is 1. The zero-order valence-electron chi connectivity index (χ0n) is 21.5. The van der Waals surface area contributed by atoms with E-state index in [1.807, 2.05) is 13.8 Å². The highest BCUT2D eigenvalue weighted by atomic mass is 32.2. The Balaban J connectivity index is 1.36. The molecule has 0 bridgehead atoms. The number of benzene rings is 1. The van der Waals surface area contributed by atoms with Crippen LogP contribution >= 0.6 is 0 Å². The third-order valence-electron chi connectivity index (χ3n) is 7.11. The van der Waals surface area contributed by atoms with Crippen LogP contribution in [0.5, 0.6) is 0 Å². The van der Waals surface area contributed by atoms with Crippen LogP contribution in [0.25, 0.3) is 5.57 Å². The number of carbonyl (C=O) groups is 1. The Hall–Kier alpha value is -2.72. The number of aromatic nitrogens is 2. The largest absolute Gasteiger partial charge is 0.447 e. The van der Waals surface area contributed by atoms with Crippen LogP contribution in [0.4, 0.5) is 16.6 Å². The number of ether oxygens (including phenoxy) is 1. The van der Waals surface area contributed by atoms with Crippen molar-refractivity contribution in [1.82, 2.24) is 9.97 Å². The summed E-state index contributed by atoms with van der Waals surface area (Å²) in [6.07, 6.45) is 3.04. The monoisotopic (exact) mass is 525 g/mol. The topological polar surface area (TPSA) is 110 Å². The number of nitrogens with two attached hydrogens (primary N) is 1. The second kappa shape index (κ2) is 9.30. The summed E-state index contributed by atoms with van der Waals surface area (Å²) in [5, 5.41) is 3.33. The van der Waals surface area contributed by atoms with E-state index in [0.717, 1.165) is 25.2 Å². The normalized spacial score (nSPS) is 20.5. The number of amides is 1. The van der Waals surface area contributed by atoms with Gasteiger partial charge in [-0.3, -0.25) is 4.21 Å². The first-order valence-corrected chi connectivity index (χ1v) is 17.3. The van der Waals surface area contributed by atoms with Crippen molar-refractivity contribution in [3.05, 3.63) is 46.7 Å². The van der Waals surface area contributed by atoms with Gasteiger partial charge in [0.05, 0.1) is 30.1 Å². The Morgan fingerprint density at radius 3 is 2.72 bits per heavy atom. The minimum atomic E-state index is -1.15. The van der Waals surface area contributed by atoms with Crippen LogP contribution in [-0.2, 0) is 34.0 Å². The maximum atomic E-state index is 12.7. The smallest absolute Gasteiger partial charge is 0.404 e. The van der Waals surface area contributed by atoms with Gasteiger partial charge in [0.2, 0.25) is 5.95 Å². The Kier molecular flexibility index (Phi) is 6.44. The highest BCUT2D eigenvalue weighted by Crippen LogP contribution is 2.34. The van der Waals surface area contributed by atoms with Crippen LogP contribution in [0.1, 0.15) is 42.7 Å². The zero-order chi connectivity index (χ0) is 25.7. The fourth-order valence-corrected chi connectivity index (χ4v) is 9.55. The van der Waals surface area contributed by atoms with Crippen molar-refractivity contribution >= 4 is 42.3 Å². The molecular weight excluding hydrogens is 490 g/mol. The molecule has 2 aromatic rings. The molecule has 0 fully saturated rings. The van der Waals surface area contributed by atoms with Crippen molar-refractivity contribution in [3.63, 3.8) is 0 Å². The van der Waals surface area contributed by atoms with Crippen molar-refractivity contribution in [1.29, 1.82) is 0 Å². The van der Waals surface area contributed by atoms with Crippen molar-refractivity contribution in [3.8, 4) is 0 Å². The predicted octanol–water partition coefficient (Wildman–Crippen LogP) is 3.61. The van der Waals surface area contributed by atoms with Gasteiger partial charge in [-0.15, -0.1) is 0 Å². The molecule has 0 spiro atoms. The number of anilines is 2. The molecule has 10 heteroatoms. The van der Waals surface area contributed by atoms with Crippen LogP contribution in [0.15, 0.2) is 29.2 Å². The Bertz CT molecular complexity index is 1280. The molecule has 36 heavy (non-hydrogen) atoms. The lowest BCUT2D eigenvalue weighted by Crippen LogP contribution is -2.39. The number of carbonyl (C=O) groups excluding carboxylic acids is 1. The molecule has 0 saturated carbocycles. The molecule has 0 aliphatic carbocycles. The second-order valence-electron chi connectivity index (χ2n) is 11.5. The summed E-state index contributed by atoms with van der Waals surface area (Å²) in [5.41, 5.74) is 11.1. The summed E-state index contributed by atoms with van der Waals surface area (Å²) in [4.78, 5) is 23.5. The van der Waals surface area contributed by atoms with E-state index in [1.165, 1.54) is 23.2 Å². The van der Waals surface area contributed by atoms with Gasteiger partial charge in [-0.2, -0.15) is 4.98 Å². The molecule has 3 N–H and O–H groups in total. The molecule has 0 saturated heterocycles. The van der Waals surface area contributed by atoms with Crippen LogP contribution in [-0.4, -0.2) is 59.3 Å². The molecule has 1 amide bonds. The molecular formula is C26H35N5O3SSi. The predicted molar refractivity (Wildman–Crippen MR) is 146 cm³/mol. The lowest BCUT2D eigenvalue weighted by atomic mass is 9.96. The van der Waals surface area contributed by atoms with Gasteiger partial charge in [0.1, 0.15) is 17.3 Å². The first kappa shape index (κ1) is 24.9. The SMILES string of the molecule is CC(C)(COC(N)=O)Nc1nc(N2CC=C(c3ccc4c(c3)C[Si](C)(C)C4)CC2)nc2c1S(=O)CC2. The van der Waals surface area contributed by atoms with Gasteiger partial charge in [-0.25, -0.2) is 9.78 Å². The molecule has 1 aromatic heterocycles. The molecule has 3 aliphatic rings. The van der Waals surface area contributed by atoms with Crippen molar-refractivity contribution < 1.29 is 13.7 Å². The number of fused-ring (bicyclic) bond motifs is 2. The van der Waals surface area contributed by atoms with Gasteiger partial charge in [0.15, 0.2) is 0 Å². The summed E-state index contributed by atoms with van der Waals surface area (Å²) in [6.45, 7) is 10.3. The summed E-state index contributed by atoms with van der Waals surface area (Å²) >= 11 is 0. The van der Waals surface area contributed by atoms with Gasteiger partial charge in [-0.1, -0.05) is 37.4 Å². The van der Waals surface area contributed by atoms with E-state index in [9.17, 15) is 9.00 Å². The maximum Gasteiger partial charge on any atom is 0.404 e. The average molecular weight is 526 g/mol. The number of hydrogen-bond donors (Lipinski definition) is 2. The molecule has 0 radical (unpaired) electrons. The summed E-state index contributed by atoms with van der Waals surface area (Å²) in [5.74, 6) is 1.73. The minimum Gasteiger partial charge on any atom is -0.447 e. The lowest BCUT2D eigenvalue weighted by Gasteiger charge is -2.30. The Labute approximate surface area is 216 Å². The van der Waals surface area contributed by atoms with E-state index in [0.29, 0.717) is 28.8 Å². The highest BCUT2D eigenvalue weighted by Gasteiger charge is 2.32. The number of aryl methyl sites for hydroxylation is 1. The van der Waals surface area contributed by atoms with Gasteiger partial charge in [-0.05, 0) is 54.6 Å². The summed E-state index contributed by atoms with van der Waals surface area (Å²) in [7, 11) is -2.28. The third kappa shape index (κ3) is 5.20. The minimum absolute atomic E-state index is 0.0688. The second-order valence-corrected chi connectivity index (χ2v) is 18.0. The average Bonchev–Trinajstić information content (AvgIpc) is 3.35. The molecule has 4 heterocycles. The van der Waals surface area contributed by atoms with Crippen LogP contribution in [0.3, 0.4) is 0 Å². The van der Waals surface area contributed by atoms with Crippen molar-refractivity contribution in [2.45, 2.75) is 62.3 Å².